The number of hydrogen-bond acceptors (Lipinski definition) is 6. The van der Waals surface area contributed by atoms with Crippen molar-refractivity contribution >= 4 is 11.8 Å². The van der Waals surface area contributed by atoms with Crippen LogP contribution in [0.5, 0.6) is 0 Å². The Labute approximate surface area is 166 Å². The molecule has 2 fully saturated rings. The number of nitriles is 2. The minimum absolute atomic E-state index is 0.185. The average Bonchev–Trinajstić information content (AvgIpc) is 3.17. The van der Waals surface area contributed by atoms with Crippen LogP contribution < -0.4 is 5.32 Å². The van der Waals surface area contributed by atoms with E-state index in [2.05, 4.69) is 39.4 Å². The van der Waals surface area contributed by atoms with Gasteiger partial charge in [0.1, 0.15) is 18.0 Å². The molecular formula is C21H27N5S. The molecule has 2 aliphatic heterocycles. The highest BCUT2D eigenvalue weighted by atomic mass is 32.2. The standard InChI is InChI=1S/C21H27N5S/c22-14-20(15-23)21-24-8-11-26(21)12-13-27-17-19-7-3-2-6-18(19)16-25-9-4-1-5-10-25/h2-3,6-7,24H,1,4-5,8-13,16-17H2. The lowest BCUT2D eigenvalue weighted by atomic mass is 10.1. The van der Waals surface area contributed by atoms with Crippen LogP contribution in [0, 0.1) is 22.7 Å². The molecule has 6 heteroatoms. The van der Waals surface area contributed by atoms with Crippen molar-refractivity contribution in [1.82, 2.24) is 15.1 Å². The van der Waals surface area contributed by atoms with Crippen molar-refractivity contribution in [2.75, 3.05) is 38.5 Å². The Kier molecular flexibility index (Phi) is 7.45. The smallest absolute Gasteiger partial charge is 0.169 e. The van der Waals surface area contributed by atoms with E-state index in [9.17, 15) is 0 Å². The molecule has 2 heterocycles. The molecular weight excluding hydrogens is 354 g/mol. The first-order valence-corrected chi connectivity index (χ1v) is 10.9. The predicted molar refractivity (Wildman–Crippen MR) is 110 cm³/mol. The fourth-order valence-electron chi connectivity index (χ4n) is 3.70. The van der Waals surface area contributed by atoms with E-state index in [4.69, 9.17) is 10.5 Å². The molecule has 0 bridgehead atoms. The molecule has 2 aliphatic rings. The molecule has 3 rings (SSSR count). The normalized spacial score (nSPS) is 17.3. The number of allylic oxidation sites excluding steroid dienone is 1. The molecule has 0 unspecified atom stereocenters. The summed E-state index contributed by atoms with van der Waals surface area (Å²) in [7, 11) is 0. The Morgan fingerprint density at radius 1 is 1.04 bits per heavy atom. The van der Waals surface area contributed by atoms with Gasteiger partial charge in [-0.15, -0.1) is 0 Å². The van der Waals surface area contributed by atoms with Gasteiger partial charge in [-0.05, 0) is 37.1 Å². The Hall–Kier alpha value is -2.15. The molecule has 0 saturated carbocycles. The molecule has 1 N–H and O–H groups in total. The molecule has 27 heavy (non-hydrogen) atoms. The van der Waals surface area contributed by atoms with Gasteiger partial charge in [-0.25, -0.2) is 0 Å². The maximum Gasteiger partial charge on any atom is 0.169 e. The third-order valence-electron chi connectivity index (χ3n) is 5.17. The van der Waals surface area contributed by atoms with Crippen molar-refractivity contribution in [3.8, 4) is 12.1 Å². The van der Waals surface area contributed by atoms with Gasteiger partial charge in [0.2, 0.25) is 0 Å². The minimum atomic E-state index is 0.185. The topological polar surface area (TPSA) is 66.1 Å². The minimum Gasteiger partial charge on any atom is -0.368 e. The first-order valence-electron chi connectivity index (χ1n) is 9.72. The molecule has 2 saturated heterocycles. The lowest BCUT2D eigenvalue weighted by Crippen LogP contribution is -2.29. The third-order valence-corrected chi connectivity index (χ3v) is 6.16. The molecule has 1 aromatic carbocycles. The van der Waals surface area contributed by atoms with E-state index in [-0.39, 0.29) is 5.57 Å². The molecule has 142 valence electrons. The molecule has 0 aliphatic carbocycles. The summed E-state index contributed by atoms with van der Waals surface area (Å²) in [5, 5.41) is 21.3. The van der Waals surface area contributed by atoms with Gasteiger partial charge >= 0.3 is 0 Å². The number of thioether (sulfide) groups is 1. The van der Waals surface area contributed by atoms with Crippen LogP contribution in [-0.2, 0) is 12.3 Å². The zero-order valence-electron chi connectivity index (χ0n) is 15.8. The summed E-state index contributed by atoms with van der Waals surface area (Å²) < 4.78 is 0. The average molecular weight is 382 g/mol. The van der Waals surface area contributed by atoms with Crippen LogP contribution in [0.15, 0.2) is 35.7 Å². The number of nitrogens with zero attached hydrogens (tertiary/aromatic N) is 4. The van der Waals surface area contributed by atoms with Crippen LogP contribution in [0.25, 0.3) is 0 Å². The monoisotopic (exact) mass is 381 g/mol. The van der Waals surface area contributed by atoms with E-state index in [1.165, 1.54) is 43.5 Å². The lowest BCUT2D eigenvalue weighted by Gasteiger charge is -2.27. The fraction of sp³-hybridized carbons (Fsp3) is 0.524. The summed E-state index contributed by atoms with van der Waals surface area (Å²) in [6, 6.07) is 12.8. The number of rotatable bonds is 7. The Bertz CT molecular complexity index is 724. The number of piperidine rings is 1. The quantitative estimate of drug-likeness (QED) is 0.578. The number of hydrogen-bond donors (Lipinski definition) is 1. The maximum absolute atomic E-state index is 9.08. The van der Waals surface area contributed by atoms with E-state index >= 15 is 0 Å². The van der Waals surface area contributed by atoms with E-state index in [1.807, 2.05) is 23.9 Å². The van der Waals surface area contributed by atoms with E-state index in [1.54, 1.807) is 0 Å². The molecule has 0 aromatic heterocycles. The maximum atomic E-state index is 9.08. The van der Waals surface area contributed by atoms with Gasteiger partial charge in [-0.3, -0.25) is 4.90 Å². The second-order valence-electron chi connectivity index (χ2n) is 7.02. The van der Waals surface area contributed by atoms with Crippen molar-refractivity contribution in [3.05, 3.63) is 46.8 Å². The van der Waals surface area contributed by atoms with Gasteiger partial charge in [-0.2, -0.15) is 22.3 Å². The Morgan fingerprint density at radius 3 is 2.52 bits per heavy atom. The first kappa shape index (κ1) is 19.6. The van der Waals surface area contributed by atoms with Crippen LogP contribution >= 0.6 is 11.8 Å². The van der Waals surface area contributed by atoms with Gasteiger partial charge < -0.3 is 10.2 Å². The number of benzene rings is 1. The second-order valence-corrected chi connectivity index (χ2v) is 8.12. The van der Waals surface area contributed by atoms with Gasteiger partial charge in [-0.1, -0.05) is 30.7 Å². The highest BCUT2D eigenvalue weighted by molar-refractivity contribution is 7.98. The van der Waals surface area contributed by atoms with E-state index in [0.717, 1.165) is 37.7 Å². The number of nitrogens with one attached hydrogen (secondary N) is 1. The summed E-state index contributed by atoms with van der Waals surface area (Å²) in [6.45, 7) is 6.01. The first-order chi connectivity index (χ1) is 13.3. The van der Waals surface area contributed by atoms with Gasteiger partial charge in [0.25, 0.3) is 0 Å². The molecule has 5 nitrogen and oxygen atoms in total. The van der Waals surface area contributed by atoms with Crippen molar-refractivity contribution in [1.29, 1.82) is 10.5 Å². The van der Waals surface area contributed by atoms with E-state index < -0.39 is 0 Å². The number of likely N-dealkylation sites (tertiary alicyclic amines) is 1. The summed E-state index contributed by atoms with van der Waals surface area (Å²) in [5.41, 5.74) is 3.06. The summed E-state index contributed by atoms with van der Waals surface area (Å²) in [4.78, 5) is 4.69. The van der Waals surface area contributed by atoms with Crippen LogP contribution in [0.1, 0.15) is 30.4 Å². The molecule has 0 atom stereocenters. The molecule has 0 radical (unpaired) electrons. The zero-order valence-corrected chi connectivity index (χ0v) is 16.6. The highest BCUT2D eigenvalue weighted by Gasteiger charge is 2.20. The fourth-order valence-corrected chi connectivity index (χ4v) is 4.70. The summed E-state index contributed by atoms with van der Waals surface area (Å²) in [5.74, 6) is 2.69. The second kappa shape index (κ2) is 10.3. The zero-order chi connectivity index (χ0) is 18.9. The van der Waals surface area contributed by atoms with Crippen LogP contribution in [0.3, 0.4) is 0 Å². The molecule has 1 aromatic rings. The Balaban J connectivity index is 1.50. The largest absolute Gasteiger partial charge is 0.368 e. The SMILES string of the molecule is N#CC(C#N)=C1NCCN1CCSCc1ccccc1CN1CCCCC1. The third kappa shape index (κ3) is 5.42. The van der Waals surface area contributed by atoms with Crippen molar-refractivity contribution < 1.29 is 0 Å². The van der Waals surface area contributed by atoms with Crippen LogP contribution in [0.4, 0.5) is 0 Å². The van der Waals surface area contributed by atoms with E-state index in [0.29, 0.717) is 5.82 Å². The van der Waals surface area contributed by atoms with Gasteiger partial charge in [0.05, 0.1) is 0 Å². The van der Waals surface area contributed by atoms with Crippen LogP contribution in [-0.4, -0.2) is 48.3 Å². The van der Waals surface area contributed by atoms with Gasteiger partial charge in [0, 0.05) is 37.7 Å². The summed E-state index contributed by atoms with van der Waals surface area (Å²) >= 11 is 1.92. The van der Waals surface area contributed by atoms with Crippen LogP contribution in [0.2, 0.25) is 0 Å². The van der Waals surface area contributed by atoms with Crippen molar-refractivity contribution in [2.45, 2.75) is 31.6 Å². The Morgan fingerprint density at radius 2 is 1.78 bits per heavy atom. The van der Waals surface area contributed by atoms with Crippen molar-refractivity contribution in [2.24, 2.45) is 0 Å². The molecule has 0 spiro atoms. The van der Waals surface area contributed by atoms with Gasteiger partial charge in [0.15, 0.2) is 5.57 Å². The lowest BCUT2D eigenvalue weighted by molar-refractivity contribution is 0.220. The molecule has 0 amide bonds. The highest BCUT2D eigenvalue weighted by Crippen LogP contribution is 2.21. The predicted octanol–water partition coefficient (Wildman–Crippen LogP) is 3.07. The summed E-state index contributed by atoms with van der Waals surface area (Å²) in [6.07, 6.45) is 4.02. The van der Waals surface area contributed by atoms with Crippen molar-refractivity contribution in [3.63, 3.8) is 0 Å².